The molecule has 1 saturated heterocycles. The standard InChI is InChI=1S/C20H27N3O3/c1-14(2)10-19(24)23-8-6-22(7-9-23)13-16-11-15-12-17(26-3)4-5-18(15)21-20(16)25/h4-5,11-12,14H,6-10,13H2,1-3H3,(H,21,25). The molecule has 0 unspecified atom stereocenters. The number of carbonyl (C=O) groups excluding carboxylic acids is 1. The van der Waals surface area contributed by atoms with Gasteiger partial charge in [0.2, 0.25) is 5.91 Å². The van der Waals surface area contributed by atoms with E-state index in [2.05, 4.69) is 23.7 Å². The number of rotatable bonds is 5. The second-order valence-corrected chi connectivity index (χ2v) is 7.33. The predicted molar refractivity (Wildman–Crippen MR) is 102 cm³/mol. The summed E-state index contributed by atoms with van der Waals surface area (Å²) in [5, 5.41) is 0.963. The Morgan fingerprint density at radius 2 is 1.92 bits per heavy atom. The highest BCUT2D eigenvalue weighted by Crippen LogP contribution is 2.19. The van der Waals surface area contributed by atoms with Crippen molar-refractivity contribution in [2.75, 3.05) is 33.3 Å². The van der Waals surface area contributed by atoms with E-state index in [-0.39, 0.29) is 11.5 Å². The van der Waals surface area contributed by atoms with Crippen molar-refractivity contribution in [2.45, 2.75) is 26.8 Å². The van der Waals surface area contributed by atoms with Gasteiger partial charge < -0.3 is 14.6 Å². The number of fused-ring (bicyclic) bond motifs is 1. The summed E-state index contributed by atoms with van der Waals surface area (Å²) in [6, 6.07) is 7.56. The van der Waals surface area contributed by atoms with E-state index < -0.39 is 0 Å². The lowest BCUT2D eigenvalue weighted by molar-refractivity contribution is -0.133. The second-order valence-electron chi connectivity index (χ2n) is 7.33. The maximum absolute atomic E-state index is 12.4. The summed E-state index contributed by atoms with van der Waals surface area (Å²) < 4.78 is 5.26. The van der Waals surface area contributed by atoms with Gasteiger partial charge in [-0.3, -0.25) is 14.5 Å². The average molecular weight is 357 g/mol. The molecule has 0 spiro atoms. The molecule has 0 atom stereocenters. The minimum absolute atomic E-state index is 0.0546. The fourth-order valence-corrected chi connectivity index (χ4v) is 3.35. The Kier molecular flexibility index (Phi) is 5.61. The van der Waals surface area contributed by atoms with E-state index in [4.69, 9.17) is 4.74 Å². The van der Waals surface area contributed by atoms with Gasteiger partial charge in [0.15, 0.2) is 0 Å². The van der Waals surface area contributed by atoms with Crippen LogP contribution in [0.15, 0.2) is 29.1 Å². The molecule has 0 saturated carbocycles. The van der Waals surface area contributed by atoms with Gasteiger partial charge in [0.25, 0.3) is 5.56 Å². The fraction of sp³-hybridized carbons (Fsp3) is 0.500. The smallest absolute Gasteiger partial charge is 0.252 e. The molecule has 1 aromatic carbocycles. The van der Waals surface area contributed by atoms with Crippen molar-refractivity contribution in [3.05, 3.63) is 40.2 Å². The first-order valence-corrected chi connectivity index (χ1v) is 9.16. The molecule has 1 fully saturated rings. The molecular weight excluding hydrogens is 330 g/mol. The number of nitrogens with one attached hydrogen (secondary N) is 1. The number of piperazine rings is 1. The molecule has 1 amide bonds. The van der Waals surface area contributed by atoms with Crippen LogP contribution in [0.3, 0.4) is 0 Å². The molecule has 140 valence electrons. The molecule has 26 heavy (non-hydrogen) atoms. The SMILES string of the molecule is COc1ccc2[nH]c(=O)c(CN3CCN(C(=O)CC(C)C)CC3)cc2c1. The van der Waals surface area contributed by atoms with E-state index in [1.54, 1.807) is 7.11 Å². The van der Waals surface area contributed by atoms with E-state index in [9.17, 15) is 9.59 Å². The predicted octanol–water partition coefficient (Wildman–Crippen LogP) is 2.23. The van der Waals surface area contributed by atoms with E-state index in [0.717, 1.165) is 48.4 Å². The van der Waals surface area contributed by atoms with E-state index in [1.807, 2.05) is 29.2 Å². The van der Waals surface area contributed by atoms with Gasteiger partial charge in [-0.1, -0.05) is 13.8 Å². The lowest BCUT2D eigenvalue weighted by Crippen LogP contribution is -2.48. The number of H-pyrrole nitrogens is 1. The van der Waals surface area contributed by atoms with Crippen molar-refractivity contribution in [3.63, 3.8) is 0 Å². The molecule has 6 nitrogen and oxygen atoms in total. The number of aromatic amines is 1. The normalized spacial score (nSPS) is 15.6. The minimum Gasteiger partial charge on any atom is -0.497 e. The highest BCUT2D eigenvalue weighted by Gasteiger charge is 2.22. The topological polar surface area (TPSA) is 65.6 Å². The number of hydrogen-bond donors (Lipinski definition) is 1. The van der Waals surface area contributed by atoms with Crippen molar-refractivity contribution in [1.29, 1.82) is 0 Å². The highest BCUT2D eigenvalue weighted by molar-refractivity contribution is 5.80. The number of benzene rings is 1. The molecular formula is C20H27N3O3. The summed E-state index contributed by atoms with van der Waals surface area (Å²) in [7, 11) is 1.63. The number of pyridine rings is 1. The Bertz CT molecular complexity index is 836. The fourth-order valence-electron chi connectivity index (χ4n) is 3.35. The van der Waals surface area contributed by atoms with Crippen LogP contribution in [0.1, 0.15) is 25.8 Å². The molecule has 3 rings (SSSR count). The van der Waals surface area contributed by atoms with Gasteiger partial charge in [0.1, 0.15) is 5.75 Å². The van der Waals surface area contributed by atoms with Gasteiger partial charge in [-0.15, -0.1) is 0 Å². The maximum atomic E-state index is 12.4. The van der Waals surface area contributed by atoms with Crippen molar-refractivity contribution in [1.82, 2.24) is 14.8 Å². The van der Waals surface area contributed by atoms with E-state index >= 15 is 0 Å². The lowest BCUT2D eigenvalue weighted by Gasteiger charge is -2.35. The van der Waals surface area contributed by atoms with Crippen molar-refractivity contribution < 1.29 is 9.53 Å². The van der Waals surface area contributed by atoms with Gasteiger partial charge in [0, 0.05) is 55.6 Å². The van der Waals surface area contributed by atoms with Crippen LogP contribution in [-0.2, 0) is 11.3 Å². The molecule has 1 N–H and O–H groups in total. The summed E-state index contributed by atoms with van der Waals surface area (Å²) in [6.45, 7) is 7.76. The molecule has 1 aliphatic rings. The molecule has 1 aromatic heterocycles. The Hall–Kier alpha value is -2.34. The zero-order valence-corrected chi connectivity index (χ0v) is 15.7. The molecule has 2 heterocycles. The van der Waals surface area contributed by atoms with Crippen LogP contribution in [0.4, 0.5) is 0 Å². The number of carbonyl (C=O) groups is 1. The Labute approximate surface area is 153 Å². The summed E-state index contributed by atoms with van der Waals surface area (Å²) >= 11 is 0. The van der Waals surface area contributed by atoms with Crippen LogP contribution in [0, 0.1) is 5.92 Å². The highest BCUT2D eigenvalue weighted by atomic mass is 16.5. The van der Waals surface area contributed by atoms with E-state index in [1.165, 1.54) is 0 Å². The van der Waals surface area contributed by atoms with Crippen molar-refractivity contribution in [3.8, 4) is 5.75 Å². The largest absolute Gasteiger partial charge is 0.497 e. The van der Waals surface area contributed by atoms with Gasteiger partial charge in [-0.2, -0.15) is 0 Å². The lowest BCUT2D eigenvalue weighted by atomic mass is 10.1. The Morgan fingerprint density at radius 1 is 1.19 bits per heavy atom. The maximum Gasteiger partial charge on any atom is 0.252 e. The molecule has 2 aromatic rings. The Balaban J connectivity index is 1.67. The van der Waals surface area contributed by atoms with Crippen LogP contribution in [0.5, 0.6) is 5.75 Å². The third-order valence-electron chi connectivity index (χ3n) is 4.83. The number of amides is 1. The Morgan fingerprint density at radius 3 is 2.58 bits per heavy atom. The molecule has 1 aliphatic heterocycles. The summed E-state index contributed by atoms with van der Waals surface area (Å²) in [5.74, 6) is 1.39. The molecule has 0 radical (unpaired) electrons. The van der Waals surface area contributed by atoms with Crippen LogP contribution >= 0.6 is 0 Å². The zero-order chi connectivity index (χ0) is 18.7. The van der Waals surface area contributed by atoms with Gasteiger partial charge in [-0.25, -0.2) is 0 Å². The molecule has 0 bridgehead atoms. The summed E-state index contributed by atoms with van der Waals surface area (Å²) in [4.78, 5) is 31.7. The number of hydrogen-bond acceptors (Lipinski definition) is 4. The van der Waals surface area contributed by atoms with Crippen LogP contribution < -0.4 is 10.3 Å². The zero-order valence-electron chi connectivity index (χ0n) is 15.7. The summed E-state index contributed by atoms with van der Waals surface area (Å²) in [6.07, 6.45) is 0.603. The van der Waals surface area contributed by atoms with Crippen LogP contribution in [0.2, 0.25) is 0 Å². The quantitative estimate of drug-likeness (QED) is 0.891. The second kappa shape index (κ2) is 7.91. The van der Waals surface area contributed by atoms with Crippen LogP contribution in [-0.4, -0.2) is 54.0 Å². The van der Waals surface area contributed by atoms with E-state index in [0.29, 0.717) is 18.9 Å². The monoisotopic (exact) mass is 357 g/mol. The summed E-state index contributed by atoms with van der Waals surface area (Å²) in [5.41, 5.74) is 1.50. The van der Waals surface area contributed by atoms with Crippen LogP contribution in [0.25, 0.3) is 10.9 Å². The number of aromatic nitrogens is 1. The van der Waals surface area contributed by atoms with Gasteiger partial charge in [-0.05, 0) is 30.2 Å². The first-order valence-electron chi connectivity index (χ1n) is 9.16. The number of nitrogens with zero attached hydrogens (tertiary/aromatic N) is 2. The number of methoxy groups -OCH3 is 1. The first kappa shape index (κ1) is 18.5. The van der Waals surface area contributed by atoms with Gasteiger partial charge in [0.05, 0.1) is 7.11 Å². The average Bonchev–Trinajstić information content (AvgIpc) is 2.62. The van der Waals surface area contributed by atoms with Crippen molar-refractivity contribution in [2.24, 2.45) is 5.92 Å². The third-order valence-corrected chi connectivity index (χ3v) is 4.83. The molecule has 6 heteroatoms. The van der Waals surface area contributed by atoms with Gasteiger partial charge >= 0.3 is 0 Å². The first-order chi connectivity index (χ1) is 12.5. The third kappa shape index (κ3) is 4.25. The molecule has 0 aliphatic carbocycles. The van der Waals surface area contributed by atoms with Crippen molar-refractivity contribution >= 4 is 16.8 Å². The number of ether oxygens (including phenoxy) is 1. The minimum atomic E-state index is -0.0546.